The summed E-state index contributed by atoms with van der Waals surface area (Å²) in [4.78, 5) is 7.96. The molecule has 0 aliphatic heterocycles. The summed E-state index contributed by atoms with van der Waals surface area (Å²) in [5.41, 5.74) is 16.5. The first-order chi connectivity index (χ1) is 13.0. The Kier molecular flexibility index (Phi) is 4.43. The van der Waals surface area contributed by atoms with Crippen molar-refractivity contribution < 1.29 is 4.42 Å². The molecule has 6 heteroatoms. The van der Waals surface area contributed by atoms with Crippen molar-refractivity contribution in [2.24, 2.45) is 5.73 Å². The molecule has 0 bridgehead atoms. The van der Waals surface area contributed by atoms with Crippen LogP contribution in [0.2, 0.25) is 0 Å². The third-order valence-electron chi connectivity index (χ3n) is 4.41. The van der Waals surface area contributed by atoms with Gasteiger partial charge in [0.2, 0.25) is 0 Å². The molecule has 0 spiro atoms. The Balaban J connectivity index is 1.63. The summed E-state index contributed by atoms with van der Waals surface area (Å²) >= 11 is 0. The van der Waals surface area contributed by atoms with Crippen LogP contribution < -0.4 is 16.8 Å². The van der Waals surface area contributed by atoms with Gasteiger partial charge < -0.3 is 20.9 Å². The van der Waals surface area contributed by atoms with E-state index in [1.165, 1.54) is 0 Å². The Bertz CT molecular complexity index is 1060. The van der Waals surface area contributed by atoms with Gasteiger partial charge in [0.15, 0.2) is 11.6 Å². The number of fused-ring (bicyclic) bond motifs is 1. The highest BCUT2D eigenvalue weighted by molar-refractivity contribution is 5.79. The second-order valence-corrected chi connectivity index (χ2v) is 6.95. The van der Waals surface area contributed by atoms with E-state index < -0.39 is 0 Å². The molecule has 2 aromatic carbocycles. The predicted molar refractivity (Wildman–Crippen MR) is 109 cm³/mol. The minimum absolute atomic E-state index is 0.220. The van der Waals surface area contributed by atoms with Crippen LogP contribution in [0.4, 0.5) is 5.69 Å². The quantitative estimate of drug-likeness (QED) is 0.317. The summed E-state index contributed by atoms with van der Waals surface area (Å²) in [6.45, 7) is 4.14. The molecule has 0 aliphatic rings. The number of nitrogen functional groups attached to an aromatic ring is 1. The van der Waals surface area contributed by atoms with E-state index in [1.807, 2.05) is 54.6 Å². The topological polar surface area (TPSA) is 106 Å². The molecule has 138 valence electrons. The first kappa shape index (κ1) is 17.3. The van der Waals surface area contributed by atoms with Gasteiger partial charge in [-0.15, -0.1) is 0 Å². The number of benzene rings is 2. The maximum absolute atomic E-state index is 6.21. The minimum atomic E-state index is -0.220. The van der Waals surface area contributed by atoms with Crippen LogP contribution in [0.1, 0.15) is 25.6 Å². The van der Waals surface area contributed by atoms with Crippen molar-refractivity contribution in [3.05, 3.63) is 60.2 Å². The van der Waals surface area contributed by atoms with Gasteiger partial charge in [0.25, 0.3) is 0 Å². The number of nitrogens with two attached hydrogens (primary N) is 2. The Labute approximate surface area is 157 Å². The van der Waals surface area contributed by atoms with Crippen LogP contribution in [-0.4, -0.2) is 16.0 Å². The monoisotopic (exact) mass is 361 g/mol. The van der Waals surface area contributed by atoms with Gasteiger partial charge >= 0.3 is 0 Å². The number of H-pyrrole nitrogens is 1. The molecule has 0 radical (unpaired) electrons. The van der Waals surface area contributed by atoms with Crippen molar-refractivity contribution in [3.63, 3.8) is 0 Å². The lowest BCUT2D eigenvalue weighted by Gasteiger charge is -2.16. The number of hydrogen-bond acceptors (Lipinski definition) is 5. The van der Waals surface area contributed by atoms with E-state index in [9.17, 15) is 0 Å². The molecular weight excluding hydrogens is 338 g/mol. The first-order valence-corrected chi connectivity index (χ1v) is 8.97. The molecule has 2 aromatic heterocycles. The molecule has 0 saturated heterocycles. The molecule has 2 heterocycles. The Hall–Kier alpha value is -3.09. The fourth-order valence-corrected chi connectivity index (χ4v) is 3.06. The second-order valence-electron chi connectivity index (χ2n) is 6.95. The Morgan fingerprint density at radius 2 is 1.74 bits per heavy atom. The molecule has 0 aliphatic carbocycles. The molecular formula is C21H23N5O. The summed E-state index contributed by atoms with van der Waals surface area (Å²) in [7, 11) is 0. The Morgan fingerprint density at radius 1 is 1.00 bits per heavy atom. The second kappa shape index (κ2) is 6.90. The van der Waals surface area contributed by atoms with Crippen LogP contribution in [-0.2, 0) is 0 Å². The number of aromatic amines is 1. The third kappa shape index (κ3) is 3.58. The lowest BCUT2D eigenvalue weighted by Crippen LogP contribution is -2.33. The SMILES string of the molecule is CC(C)NC(N)c1ccc2nc(-c3ccc(-c4ccc(N)cc4)o3)[nH]c2c1. The summed E-state index contributed by atoms with van der Waals surface area (Å²) < 4.78 is 5.98. The largest absolute Gasteiger partial charge is 0.453 e. The maximum Gasteiger partial charge on any atom is 0.174 e. The normalized spacial score (nSPS) is 12.7. The van der Waals surface area contributed by atoms with Crippen molar-refractivity contribution in [2.45, 2.75) is 26.1 Å². The zero-order valence-electron chi connectivity index (χ0n) is 15.4. The highest BCUT2D eigenvalue weighted by Gasteiger charge is 2.13. The molecule has 0 fully saturated rings. The van der Waals surface area contributed by atoms with Gasteiger partial charge in [0, 0.05) is 17.3 Å². The van der Waals surface area contributed by atoms with Crippen molar-refractivity contribution in [3.8, 4) is 22.9 Å². The van der Waals surface area contributed by atoms with Crippen LogP contribution in [0.15, 0.2) is 59.0 Å². The van der Waals surface area contributed by atoms with Crippen LogP contribution in [0.5, 0.6) is 0 Å². The van der Waals surface area contributed by atoms with Crippen LogP contribution in [0, 0.1) is 0 Å². The van der Waals surface area contributed by atoms with Crippen LogP contribution in [0.25, 0.3) is 33.9 Å². The summed E-state index contributed by atoms with van der Waals surface area (Å²) in [5, 5.41) is 3.30. The van der Waals surface area contributed by atoms with Gasteiger partial charge in [-0.2, -0.15) is 0 Å². The third-order valence-corrected chi connectivity index (χ3v) is 4.41. The number of imidazole rings is 1. The van der Waals surface area contributed by atoms with Gasteiger partial charge in [-0.1, -0.05) is 6.07 Å². The summed E-state index contributed by atoms with van der Waals surface area (Å²) in [6.07, 6.45) is -0.220. The predicted octanol–water partition coefficient (Wildman–Crippen LogP) is 4.03. The number of nitrogens with zero attached hydrogens (tertiary/aromatic N) is 1. The summed E-state index contributed by atoms with van der Waals surface area (Å²) in [5.74, 6) is 2.15. The van der Waals surface area contributed by atoms with Crippen molar-refractivity contribution in [1.82, 2.24) is 15.3 Å². The average molecular weight is 361 g/mol. The molecule has 0 amide bonds. The van der Waals surface area contributed by atoms with Gasteiger partial charge in [-0.25, -0.2) is 4.98 Å². The molecule has 1 unspecified atom stereocenters. The fraction of sp³-hybridized carbons (Fsp3) is 0.190. The van der Waals surface area contributed by atoms with Gasteiger partial charge in [-0.3, -0.25) is 5.32 Å². The molecule has 6 nitrogen and oxygen atoms in total. The lowest BCUT2D eigenvalue weighted by atomic mass is 10.1. The highest BCUT2D eigenvalue weighted by atomic mass is 16.3. The van der Waals surface area contributed by atoms with Crippen molar-refractivity contribution in [2.75, 3.05) is 5.73 Å². The van der Waals surface area contributed by atoms with Crippen molar-refractivity contribution in [1.29, 1.82) is 0 Å². The maximum atomic E-state index is 6.21. The molecule has 1 atom stereocenters. The number of furan rings is 1. The minimum Gasteiger partial charge on any atom is -0.453 e. The van der Waals surface area contributed by atoms with Crippen LogP contribution in [0.3, 0.4) is 0 Å². The fourth-order valence-electron chi connectivity index (χ4n) is 3.06. The molecule has 4 aromatic rings. The highest BCUT2D eigenvalue weighted by Crippen LogP contribution is 2.29. The molecule has 4 rings (SSSR count). The van der Waals surface area contributed by atoms with E-state index in [0.717, 1.165) is 33.6 Å². The van der Waals surface area contributed by atoms with E-state index in [1.54, 1.807) is 0 Å². The van der Waals surface area contributed by atoms with Crippen molar-refractivity contribution >= 4 is 16.7 Å². The van der Waals surface area contributed by atoms with Gasteiger partial charge in [0.1, 0.15) is 5.76 Å². The van der Waals surface area contributed by atoms with E-state index in [2.05, 4.69) is 29.1 Å². The van der Waals surface area contributed by atoms with E-state index >= 15 is 0 Å². The van der Waals surface area contributed by atoms with Gasteiger partial charge in [-0.05, 0) is 67.9 Å². The van der Waals surface area contributed by atoms with E-state index in [4.69, 9.17) is 15.9 Å². The first-order valence-electron chi connectivity index (χ1n) is 8.97. The lowest BCUT2D eigenvalue weighted by molar-refractivity contribution is 0.490. The van der Waals surface area contributed by atoms with E-state index in [-0.39, 0.29) is 6.17 Å². The zero-order valence-corrected chi connectivity index (χ0v) is 15.4. The van der Waals surface area contributed by atoms with Gasteiger partial charge in [0.05, 0.1) is 17.2 Å². The number of hydrogen-bond donors (Lipinski definition) is 4. The molecule has 27 heavy (non-hydrogen) atoms. The Morgan fingerprint density at radius 3 is 2.48 bits per heavy atom. The number of anilines is 1. The zero-order chi connectivity index (χ0) is 19.0. The van der Waals surface area contributed by atoms with E-state index in [0.29, 0.717) is 17.6 Å². The smallest absolute Gasteiger partial charge is 0.174 e. The average Bonchev–Trinajstić information content (AvgIpc) is 3.28. The number of aromatic nitrogens is 2. The standard InChI is InChI=1S/C21H23N5O/c1-12(2)24-20(23)14-5-8-16-17(11-14)26-21(25-16)19-10-9-18(27-19)13-3-6-15(22)7-4-13/h3-12,20,24H,22-23H2,1-2H3,(H,25,26). The molecule has 6 N–H and O–H groups in total. The molecule has 0 saturated carbocycles. The van der Waals surface area contributed by atoms with Crippen LogP contribution >= 0.6 is 0 Å². The summed E-state index contributed by atoms with van der Waals surface area (Å²) in [6, 6.07) is 17.7. The number of nitrogens with one attached hydrogen (secondary N) is 2. The number of rotatable bonds is 5.